The number of aromatic nitrogens is 3. The van der Waals surface area contributed by atoms with Gasteiger partial charge in [0.2, 0.25) is 5.91 Å². The lowest BCUT2D eigenvalue weighted by atomic mass is 10.2. The molecule has 0 aromatic carbocycles. The largest absolute Gasteiger partial charge is 0.298 e. The summed E-state index contributed by atoms with van der Waals surface area (Å²) in [6.07, 6.45) is 3.51. The Morgan fingerprint density at radius 2 is 2.16 bits per heavy atom. The average Bonchev–Trinajstić information content (AvgIpc) is 2.80. The molecule has 0 aliphatic carbocycles. The number of carbonyl (C=O) groups excluding carboxylic acids is 1. The zero-order valence-corrected chi connectivity index (χ0v) is 11.7. The molecule has 0 radical (unpaired) electrons. The molecular weight excluding hydrogens is 240 g/mol. The van der Waals surface area contributed by atoms with Crippen molar-refractivity contribution in [2.75, 3.05) is 11.9 Å². The van der Waals surface area contributed by atoms with Gasteiger partial charge in [-0.1, -0.05) is 13.8 Å². The lowest BCUT2D eigenvalue weighted by Gasteiger charge is -2.16. The number of aryl methyl sites for hydroxylation is 1. The van der Waals surface area contributed by atoms with Gasteiger partial charge in [0.15, 0.2) is 5.82 Å². The topological polar surface area (TPSA) is 51.0 Å². The maximum absolute atomic E-state index is 12.0. The van der Waals surface area contributed by atoms with E-state index in [1.807, 2.05) is 39.1 Å². The van der Waals surface area contributed by atoms with Crippen LogP contribution in [-0.2, 0) is 11.8 Å². The zero-order valence-electron chi connectivity index (χ0n) is 11.7. The molecule has 1 amide bonds. The number of rotatable bonds is 3. The van der Waals surface area contributed by atoms with Crippen molar-refractivity contribution in [2.24, 2.45) is 13.0 Å². The number of nitrogens with zero attached hydrogens (tertiary/aromatic N) is 4. The first-order valence-electron chi connectivity index (χ1n) is 6.22. The van der Waals surface area contributed by atoms with Crippen LogP contribution in [0.15, 0.2) is 30.6 Å². The summed E-state index contributed by atoms with van der Waals surface area (Å²) in [7, 11) is 3.61. The van der Waals surface area contributed by atoms with Gasteiger partial charge in [0, 0.05) is 44.0 Å². The third-order valence-electron chi connectivity index (χ3n) is 2.99. The van der Waals surface area contributed by atoms with E-state index in [-0.39, 0.29) is 11.8 Å². The molecule has 0 saturated carbocycles. The third kappa shape index (κ3) is 2.65. The van der Waals surface area contributed by atoms with E-state index >= 15 is 0 Å². The lowest BCUT2D eigenvalue weighted by Crippen LogP contribution is -2.30. The highest BCUT2D eigenvalue weighted by Gasteiger charge is 2.18. The zero-order chi connectivity index (χ0) is 14.0. The number of amides is 1. The predicted octanol–water partition coefficient (Wildman–Crippen LogP) is 2.10. The molecule has 0 spiro atoms. The number of carbonyl (C=O) groups is 1. The second-order valence-corrected chi connectivity index (χ2v) is 4.81. The Balaban J connectivity index is 2.34. The summed E-state index contributed by atoms with van der Waals surface area (Å²) in [5.41, 5.74) is 1.92. The molecule has 0 aliphatic rings. The Hall–Kier alpha value is -2.17. The van der Waals surface area contributed by atoms with Crippen LogP contribution in [0, 0.1) is 5.92 Å². The molecule has 5 heteroatoms. The highest BCUT2D eigenvalue weighted by atomic mass is 16.2. The standard InChI is InChI=1S/C14H18N4O/c1-10(2)14(19)17(3)13-8-12(18(4)16-13)11-6-5-7-15-9-11/h5-10H,1-4H3. The van der Waals surface area contributed by atoms with Gasteiger partial charge in [0.05, 0.1) is 5.69 Å². The van der Waals surface area contributed by atoms with E-state index in [2.05, 4.69) is 10.1 Å². The minimum atomic E-state index is -0.0474. The molecule has 2 aromatic heterocycles. The summed E-state index contributed by atoms with van der Waals surface area (Å²) in [6.45, 7) is 3.76. The second-order valence-electron chi connectivity index (χ2n) is 4.81. The number of hydrogen-bond donors (Lipinski definition) is 0. The Morgan fingerprint density at radius 1 is 1.42 bits per heavy atom. The van der Waals surface area contributed by atoms with E-state index < -0.39 is 0 Å². The van der Waals surface area contributed by atoms with Crippen LogP contribution in [-0.4, -0.2) is 27.7 Å². The number of pyridine rings is 1. The van der Waals surface area contributed by atoms with Gasteiger partial charge in [0.1, 0.15) is 0 Å². The Bertz CT molecular complexity index is 574. The van der Waals surface area contributed by atoms with Gasteiger partial charge < -0.3 is 0 Å². The minimum Gasteiger partial charge on any atom is -0.298 e. The predicted molar refractivity (Wildman–Crippen MR) is 74.7 cm³/mol. The molecule has 2 heterocycles. The summed E-state index contributed by atoms with van der Waals surface area (Å²) in [5, 5.41) is 4.38. The van der Waals surface area contributed by atoms with Gasteiger partial charge in [-0.3, -0.25) is 19.4 Å². The summed E-state index contributed by atoms with van der Waals surface area (Å²) in [5.74, 6) is 0.657. The van der Waals surface area contributed by atoms with Gasteiger partial charge in [-0.2, -0.15) is 5.10 Å². The van der Waals surface area contributed by atoms with E-state index in [1.165, 1.54) is 0 Å². The van der Waals surface area contributed by atoms with Crippen LogP contribution in [0.5, 0.6) is 0 Å². The highest BCUT2D eigenvalue weighted by molar-refractivity contribution is 5.93. The maximum atomic E-state index is 12.0. The van der Waals surface area contributed by atoms with E-state index in [0.717, 1.165) is 11.3 Å². The number of anilines is 1. The summed E-state index contributed by atoms with van der Waals surface area (Å²) in [4.78, 5) is 17.7. The van der Waals surface area contributed by atoms with Crippen molar-refractivity contribution in [2.45, 2.75) is 13.8 Å². The maximum Gasteiger partial charge on any atom is 0.230 e. The molecule has 19 heavy (non-hydrogen) atoms. The molecule has 0 atom stereocenters. The molecule has 2 aromatic rings. The van der Waals surface area contributed by atoms with Crippen LogP contribution < -0.4 is 4.90 Å². The minimum absolute atomic E-state index is 0.0474. The number of hydrogen-bond acceptors (Lipinski definition) is 3. The van der Waals surface area contributed by atoms with E-state index in [9.17, 15) is 4.79 Å². The van der Waals surface area contributed by atoms with E-state index in [4.69, 9.17) is 0 Å². The van der Waals surface area contributed by atoms with Gasteiger partial charge in [-0.25, -0.2) is 0 Å². The summed E-state index contributed by atoms with van der Waals surface area (Å²) < 4.78 is 1.76. The normalized spacial score (nSPS) is 10.8. The highest BCUT2D eigenvalue weighted by Crippen LogP contribution is 2.23. The van der Waals surface area contributed by atoms with Crippen molar-refractivity contribution in [1.29, 1.82) is 0 Å². The molecule has 2 rings (SSSR count). The van der Waals surface area contributed by atoms with Crippen molar-refractivity contribution in [1.82, 2.24) is 14.8 Å². The van der Waals surface area contributed by atoms with Gasteiger partial charge in [0.25, 0.3) is 0 Å². The van der Waals surface area contributed by atoms with Crippen LogP contribution in [0.2, 0.25) is 0 Å². The summed E-state index contributed by atoms with van der Waals surface area (Å²) in [6, 6.07) is 5.75. The molecule has 0 unspecified atom stereocenters. The molecule has 0 saturated heterocycles. The third-order valence-corrected chi connectivity index (χ3v) is 2.99. The molecule has 0 fully saturated rings. The van der Waals surface area contributed by atoms with Crippen LogP contribution >= 0.6 is 0 Å². The summed E-state index contributed by atoms with van der Waals surface area (Å²) >= 11 is 0. The molecule has 0 N–H and O–H groups in total. The van der Waals surface area contributed by atoms with Crippen LogP contribution in [0.1, 0.15) is 13.8 Å². The molecular formula is C14H18N4O. The van der Waals surface area contributed by atoms with Crippen LogP contribution in [0.3, 0.4) is 0 Å². The average molecular weight is 258 g/mol. The molecule has 5 nitrogen and oxygen atoms in total. The smallest absolute Gasteiger partial charge is 0.230 e. The van der Waals surface area contributed by atoms with Crippen molar-refractivity contribution in [3.63, 3.8) is 0 Å². The van der Waals surface area contributed by atoms with Gasteiger partial charge >= 0.3 is 0 Å². The van der Waals surface area contributed by atoms with Crippen LogP contribution in [0.25, 0.3) is 11.3 Å². The fourth-order valence-electron chi connectivity index (χ4n) is 1.90. The fourth-order valence-corrected chi connectivity index (χ4v) is 1.90. The monoisotopic (exact) mass is 258 g/mol. The first-order chi connectivity index (χ1) is 9.00. The van der Waals surface area contributed by atoms with Crippen molar-refractivity contribution in [3.8, 4) is 11.3 Å². The van der Waals surface area contributed by atoms with Crippen LogP contribution in [0.4, 0.5) is 5.82 Å². The Morgan fingerprint density at radius 3 is 2.74 bits per heavy atom. The molecule has 100 valence electrons. The fraction of sp³-hybridized carbons (Fsp3) is 0.357. The first kappa shape index (κ1) is 13.3. The van der Waals surface area contributed by atoms with Crippen molar-refractivity contribution in [3.05, 3.63) is 30.6 Å². The van der Waals surface area contributed by atoms with Crippen molar-refractivity contribution < 1.29 is 4.79 Å². The van der Waals surface area contributed by atoms with E-state index in [0.29, 0.717) is 5.82 Å². The Labute approximate surface area is 112 Å². The Kier molecular flexibility index (Phi) is 3.64. The second kappa shape index (κ2) is 5.22. The molecule has 0 aliphatic heterocycles. The lowest BCUT2D eigenvalue weighted by molar-refractivity contribution is -0.121. The van der Waals surface area contributed by atoms with Gasteiger partial charge in [-0.15, -0.1) is 0 Å². The first-order valence-corrected chi connectivity index (χ1v) is 6.22. The van der Waals surface area contributed by atoms with Gasteiger partial charge in [-0.05, 0) is 12.1 Å². The quantitative estimate of drug-likeness (QED) is 0.847. The van der Waals surface area contributed by atoms with E-state index in [1.54, 1.807) is 29.0 Å². The van der Waals surface area contributed by atoms with Crippen molar-refractivity contribution >= 4 is 11.7 Å². The molecule has 0 bridgehead atoms. The SMILES string of the molecule is CC(C)C(=O)N(C)c1cc(-c2cccnc2)n(C)n1.